The summed E-state index contributed by atoms with van der Waals surface area (Å²) in [5.41, 5.74) is 0.352. The first-order chi connectivity index (χ1) is 6.83. The third kappa shape index (κ3) is 7.80. The Bertz CT molecular complexity index is 164. The van der Waals surface area contributed by atoms with Crippen LogP contribution in [0.2, 0.25) is 0 Å². The summed E-state index contributed by atoms with van der Waals surface area (Å²) in [5.74, 6) is 0. The lowest BCUT2D eigenvalue weighted by Crippen LogP contribution is -2.33. The van der Waals surface area contributed by atoms with Gasteiger partial charge in [-0.25, -0.2) is 0 Å². The van der Waals surface area contributed by atoms with E-state index in [0.29, 0.717) is 5.41 Å². The lowest BCUT2D eigenvalue weighted by molar-refractivity contribution is -0.0408. The van der Waals surface area contributed by atoms with Crippen molar-refractivity contribution in [3.63, 3.8) is 0 Å². The summed E-state index contributed by atoms with van der Waals surface area (Å²) in [5, 5.41) is 3.38. The monoisotopic (exact) mass is 215 g/mol. The summed E-state index contributed by atoms with van der Waals surface area (Å²) in [7, 11) is 0. The highest BCUT2D eigenvalue weighted by molar-refractivity contribution is 4.80. The van der Waals surface area contributed by atoms with Gasteiger partial charge in [-0.05, 0) is 52.1 Å². The Hall–Kier alpha value is -0.0800. The first-order valence-electron chi connectivity index (χ1n) is 6.17. The van der Waals surface area contributed by atoms with E-state index in [1.54, 1.807) is 0 Å². The fourth-order valence-corrected chi connectivity index (χ4v) is 2.29. The molecule has 0 aromatic carbocycles. The van der Waals surface area contributed by atoms with E-state index in [9.17, 15) is 0 Å². The zero-order valence-electron chi connectivity index (χ0n) is 11.4. The zero-order chi connectivity index (χ0) is 11.9. The molecule has 0 spiro atoms. The summed E-state index contributed by atoms with van der Waals surface area (Å²) >= 11 is 0. The Morgan fingerprint density at radius 1 is 1.07 bits per heavy atom. The molecule has 1 N–H and O–H groups in total. The van der Waals surface area contributed by atoms with Crippen LogP contribution in [0.1, 0.15) is 54.4 Å². The highest BCUT2D eigenvalue weighted by Crippen LogP contribution is 2.32. The number of nitrogens with one attached hydrogen (secondary N) is 1. The van der Waals surface area contributed by atoms with E-state index in [0.717, 1.165) is 26.1 Å². The molecule has 0 saturated heterocycles. The average Bonchev–Trinajstić information content (AvgIpc) is 2.01. The second-order valence-corrected chi connectivity index (χ2v) is 5.64. The second-order valence-electron chi connectivity index (χ2n) is 5.64. The molecule has 0 bridgehead atoms. The summed E-state index contributed by atoms with van der Waals surface area (Å²) in [6.07, 6.45) is 2.32. The van der Waals surface area contributed by atoms with Crippen molar-refractivity contribution in [3.8, 4) is 0 Å². The molecule has 0 rings (SSSR count). The quantitative estimate of drug-likeness (QED) is 0.628. The van der Waals surface area contributed by atoms with Crippen molar-refractivity contribution < 1.29 is 4.74 Å². The minimum Gasteiger partial charge on any atom is -0.376 e. The molecule has 0 aromatic rings. The van der Waals surface area contributed by atoms with Gasteiger partial charge in [0.2, 0.25) is 0 Å². The molecule has 0 fully saturated rings. The van der Waals surface area contributed by atoms with Gasteiger partial charge in [0, 0.05) is 6.61 Å². The first kappa shape index (κ1) is 14.9. The van der Waals surface area contributed by atoms with Gasteiger partial charge in [0.05, 0.1) is 5.60 Å². The summed E-state index contributed by atoms with van der Waals surface area (Å²) in [6, 6.07) is 0. The van der Waals surface area contributed by atoms with Crippen LogP contribution in [-0.4, -0.2) is 25.3 Å². The third-order valence-electron chi connectivity index (χ3n) is 2.67. The Kier molecular flexibility index (Phi) is 6.46. The number of ether oxygens (including phenoxy) is 1. The molecule has 0 aliphatic carbocycles. The van der Waals surface area contributed by atoms with Gasteiger partial charge in [0.1, 0.15) is 0 Å². The lowest BCUT2D eigenvalue weighted by Gasteiger charge is -2.35. The van der Waals surface area contributed by atoms with E-state index < -0.39 is 0 Å². The van der Waals surface area contributed by atoms with Gasteiger partial charge in [-0.1, -0.05) is 20.8 Å². The van der Waals surface area contributed by atoms with E-state index in [2.05, 4.69) is 46.9 Å². The molecule has 0 amide bonds. The van der Waals surface area contributed by atoms with Crippen LogP contribution in [0.4, 0.5) is 0 Å². The number of hydrogen-bond donors (Lipinski definition) is 1. The predicted octanol–water partition coefficient (Wildman–Crippen LogP) is 3.22. The largest absolute Gasteiger partial charge is 0.376 e. The third-order valence-corrected chi connectivity index (χ3v) is 2.67. The normalized spacial score (nSPS) is 13.2. The molecule has 0 heterocycles. The van der Waals surface area contributed by atoms with E-state index in [-0.39, 0.29) is 5.60 Å². The molecular formula is C13H29NO. The first-order valence-corrected chi connectivity index (χ1v) is 6.17. The van der Waals surface area contributed by atoms with E-state index in [4.69, 9.17) is 4.74 Å². The second kappa shape index (κ2) is 6.49. The van der Waals surface area contributed by atoms with Crippen LogP contribution in [0.3, 0.4) is 0 Å². The van der Waals surface area contributed by atoms with Crippen molar-refractivity contribution in [1.82, 2.24) is 5.32 Å². The minimum atomic E-state index is 0.00443. The average molecular weight is 215 g/mol. The van der Waals surface area contributed by atoms with Crippen molar-refractivity contribution in [2.45, 2.75) is 60.0 Å². The van der Waals surface area contributed by atoms with E-state index >= 15 is 0 Å². The molecular weight excluding hydrogens is 186 g/mol. The number of hydrogen-bond acceptors (Lipinski definition) is 2. The molecule has 0 unspecified atom stereocenters. The smallest absolute Gasteiger partial charge is 0.0631 e. The molecule has 0 atom stereocenters. The maximum atomic E-state index is 5.75. The van der Waals surface area contributed by atoms with Crippen molar-refractivity contribution in [1.29, 1.82) is 0 Å². The highest BCUT2D eigenvalue weighted by Gasteiger charge is 2.28. The van der Waals surface area contributed by atoms with Gasteiger partial charge in [0.25, 0.3) is 0 Å². The van der Waals surface area contributed by atoms with Crippen molar-refractivity contribution in [2.75, 3.05) is 19.7 Å². The topological polar surface area (TPSA) is 21.3 Å². The minimum absolute atomic E-state index is 0.00443. The van der Waals surface area contributed by atoms with E-state index in [1.165, 1.54) is 6.42 Å². The Balaban J connectivity index is 3.99. The van der Waals surface area contributed by atoms with Gasteiger partial charge >= 0.3 is 0 Å². The van der Waals surface area contributed by atoms with Crippen LogP contribution in [0.5, 0.6) is 0 Å². The molecule has 0 aliphatic rings. The molecule has 0 aliphatic heterocycles. The maximum absolute atomic E-state index is 5.75. The van der Waals surface area contributed by atoms with Crippen LogP contribution >= 0.6 is 0 Å². The zero-order valence-corrected chi connectivity index (χ0v) is 11.4. The predicted molar refractivity (Wildman–Crippen MR) is 67.3 cm³/mol. The molecule has 92 valence electrons. The maximum Gasteiger partial charge on any atom is 0.0631 e. The van der Waals surface area contributed by atoms with Gasteiger partial charge in [-0.15, -0.1) is 0 Å². The van der Waals surface area contributed by atoms with Crippen LogP contribution in [0, 0.1) is 5.41 Å². The molecule has 2 nitrogen and oxygen atoms in total. The molecule has 2 heteroatoms. The molecule has 0 aromatic heterocycles. The van der Waals surface area contributed by atoms with Gasteiger partial charge in [-0.2, -0.15) is 0 Å². The van der Waals surface area contributed by atoms with Gasteiger partial charge < -0.3 is 10.1 Å². The van der Waals surface area contributed by atoms with Crippen LogP contribution in [0.25, 0.3) is 0 Å². The lowest BCUT2D eigenvalue weighted by atomic mass is 9.79. The summed E-state index contributed by atoms with van der Waals surface area (Å²) in [6.45, 7) is 16.2. The fraction of sp³-hybridized carbons (Fsp3) is 1.00. The summed E-state index contributed by atoms with van der Waals surface area (Å²) in [4.78, 5) is 0. The van der Waals surface area contributed by atoms with Crippen molar-refractivity contribution in [3.05, 3.63) is 0 Å². The molecule has 0 saturated carbocycles. The van der Waals surface area contributed by atoms with Gasteiger partial charge in [0.15, 0.2) is 0 Å². The summed E-state index contributed by atoms with van der Waals surface area (Å²) < 4.78 is 5.75. The van der Waals surface area contributed by atoms with Crippen molar-refractivity contribution >= 4 is 0 Å². The Morgan fingerprint density at radius 2 is 1.67 bits per heavy atom. The van der Waals surface area contributed by atoms with Crippen molar-refractivity contribution in [2.24, 2.45) is 5.41 Å². The molecule has 15 heavy (non-hydrogen) atoms. The standard InChI is InChI=1S/C13H29NO/c1-7-14-10-9-12(3,4)11-13(5,6)15-8-2/h14H,7-11H2,1-6H3. The Morgan fingerprint density at radius 3 is 2.13 bits per heavy atom. The van der Waals surface area contributed by atoms with Crippen LogP contribution < -0.4 is 5.32 Å². The Labute approximate surface area is 95.8 Å². The van der Waals surface area contributed by atoms with Crippen LogP contribution in [0.15, 0.2) is 0 Å². The highest BCUT2D eigenvalue weighted by atomic mass is 16.5. The number of rotatable bonds is 8. The molecule has 0 radical (unpaired) electrons. The fourth-order valence-electron chi connectivity index (χ4n) is 2.29. The van der Waals surface area contributed by atoms with E-state index in [1.807, 2.05) is 0 Å². The van der Waals surface area contributed by atoms with Crippen LogP contribution in [-0.2, 0) is 4.74 Å². The van der Waals surface area contributed by atoms with Gasteiger partial charge in [-0.3, -0.25) is 0 Å². The SMILES string of the molecule is CCNCCC(C)(C)CC(C)(C)OCC.